The molecule has 0 radical (unpaired) electrons. The summed E-state index contributed by atoms with van der Waals surface area (Å²) in [5.74, 6) is -1.08. The van der Waals surface area contributed by atoms with E-state index in [2.05, 4.69) is 5.10 Å². The fraction of sp³-hybridized carbons (Fsp3) is 0.105. The van der Waals surface area contributed by atoms with E-state index < -0.39 is 5.97 Å². The molecule has 126 valence electrons. The number of benzene rings is 2. The van der Waals surface area contributed by atoms with Gasteiger partial charge >= 0.3 is 5.97 Å². The van der Waals surface area contributed by atoms with Crippen molar-refractivity contribution in [2.45, 2.75) is 6.92 Å². The number of hydrogen-bond donors (Lipinski definition) is 1. The first kappa shape index (κ1) is 16.4. The minimum absolute atomic E-state index is 0.0235. The van der Waals surface area contributed by atoms with Crippen molar-refractivity contribution in [3.8, 4) is 16.9 Å². The third-order valence-corrected chi connectivity index (χ3v) is 3.94. The summed E-state index contributed by atoms with van der Waals surface area (Å²) in [6.45, 7) is 1.99. The van der Waals surface area contributed by atoms with Gasteiger partial charge in [0.15, 0.2) is 5.69 Å². The van der Waals surface area contributed by atoms with Crippen LogP contribution in [0, 0.1) is 6.92 Å². The lowest BCUT2D eigenvalue weighted by Gasteiger charge is -2.12. The molecule has 2 aromatic carbocycles. The third-order valence-electron chi connectivity index (χ3n) is 3.94. The molecule has 0 spiro atoms. The fourth-order valence-electron chi connectivity index (χ4n) is 2.50. The summed E-state index contributed by atoms with van der Waals surface area (Å²) >= 11 is 0. The average molecular weight is 335 g/mol. The van der Waals surface area contributed by atoms with Crippen molar-refractivity contribution < 1.29 is 14.7 Å². The number of amides is 1. The van der Waals surface area contributed by atoms with E-state index in [-0.39, 0.29) is 5.69 Å². The number of carbonyl (C=O) groups excluding carboxylic acids is 1. The number of carboxylic acid groups (broad SMARTS) is 1. The van der Waals surface area contributed by atoms with Crippen molar-refractivity contribution >= 4 is 18.1 Å². The predicted octanol–water partition coefficient (Wildman–Crippen LogP) is 3.14. The van der Waals surface area contributed by atoms with Gasteiger partial charge in [-0.1, -0.05) is 29.8 Å². The monoisotopic (exact) mass is 335 g/mol. The molecular weight excluding hydrogens is 318 g/mol. The van der Waals surface area contributed by atoms with Crippen LogP contribution in [0.3, 0.4) is 0 Å². The van der Waals surface area contributed by atoms with Crippen LogP contribution in [0.1, 0.15) is 16.1 Å². The van der Waals surface area contributed by atoms with Crippen LogP contribution >= 0.6 is 0 Å². The lowest BCUT2D eigenvalue weighted by atomic mass is 10.1. The molecule has 0 atom stereocenters. The molecule has 6 heteroatoms. The van der Waals surface area contributed by atoms with Gasteiger partial charge in [-0.3, -0.25) is 4.79 Å². The maximum atomic E-state index is 11.3. The summed E-state index contributed by atoms with van der Waals surface area (Å²) in [5.41, 5.74) is 4.11. The Morgan fingerprint density at radius 2 is 1.76 bits per heavy atom. The van der Waals surface area contributed by atoms with Gasteiger partial charge in [0.05, 0.1) is 11.4 Å². The van der Waals surface area contributed by atoms with Crippen molar-refractivity contribution in [3.05, 3.63) is 65.9 Å². The fourth-order valence-corrected chi connectivity index (χ4v) is 2.50. The van der Waals surface area contributed by atoms with Gasteiger partial charge < -0.3 is 10.0 Å². The van der Waals surface area contributed by atoms with E-state index in [0.29, 0.717) is 11.4 Å². The van der Waals surface area contributed by atoms with E-state index in [1.54, 1.807) is 42.1 Å². The SMILES string of the molecule is Cc1ccc(-c2cc(C(=O)O)nn2-c2ccc(N(C)C=O)cc2)cc1. The molecule has 6 nitrogen and oxygen atoms in total. The molecule has 3 aromatic rings. The lowest BCUT2D eigenvalue weighted by Crippen LogP contribution is -2.13. The Labute approximate surface area is 144 Å². The van der Waals surface area contributed by atoms with Gasteiger partial charge in [0, 0.05) is 18.3 Å². The number of nitrogens with zero attached hydrogens (tertiary/aromatic N) is 3. The molecule has 1 N–H and O–H groups in total. The number of anilines is 1. The summed E-state index contributed by atoms with van der Waals surface area (Å²) in [6, 6.07) is 16.5. The zero-order valence-electron chi connectivity index (χ0n) is 13.9. The summed E-state index contributed by atoms with van der Waals surface area (Å²) in [6.07, 6.45) is 0.725. The van der Waals surface area contributed by atoms with Crippen molar-refractivity contribution in [2.24, 2.45) is 0 Å². The molecule has 0 aliphatic rings. The van der Waals surface area contributed by atoms with Crippen LogP contribution in [-0.2, 0) is 4.79 Å². The second-order valence-corrected chi connectivity index (χ2v) is 5.73. The maximum absolute atomic E-state index is 11.3. The normalized spacial score (nSPS) is 10.5. The minimum atomic E-state index is -1.08. The van der Waals surface area contributed by atoms with Crippen LogP contribution in [0.15, 0.2) is 54.6 Å². The molecule has 0 saturated carbocycles. The molecule has 25 heavy (non-hydrogen) atoms. The predicted molar refractivity (Wildman–Crippen MR) is 95.2 cm³/mol. The van der Waals surface area contributed by atoms with Gasteiger partial charge in [-0.25, -0.2) is 9.48 Å². The van der Waals surface area contributed by atoms with Gasteiger partial charge in [-0.15, -0.1) is 0 Å². The Morgan fingerprint density at radius 1 is 1.12 bits per heavy atom. The van der Waals surface area contributed by atoms with Crippen molar-refractivity contribution in [3.63, 3.8) is 0 Å². The summed E-state index contributed by atoms with van der Waals surface area (Å²) < 4.78 is 1.60. The molecular formula is C19H17N3O3. The third kappa shape index (κ3) is 3.28. The minimum Gasteiger partial charge on any atom is -0.476 e. The molecule has 0 unspecified atom stereocenters. The molecule has 0 aliphatic heterocycles. The molecule has 0 aliphatic carbocycles. The Kier molecular flexibility index (Phi) is 4.35. The van der Waals surface area contributed by atoms with Gasteiger partial charge in [0.2, 0.25) is 6.41 Å². The standard InChI is InChI=1S/C19H17N3O3/c1-13-3-5-14(6-4-13)18-11-17(19(24)25)20-22(18)16-9-7-15(8-10-16)21(2)12-23/h3-12H,1-2H3,(H,24,25). The molecule has 1 aromatic heterocycles. The van der Waals surface area contributed by atoms with Gasteiger partial charge in [0.25, 0.3) is 0 Å². The highest BCUT2D eigenvalue weighted by Crippen LogP contribution is 2.25. The molecule has 0 saturated heterocycles. The number of aryl methyl sites for hydroxylation is 1. The smallest absolute Gasteiger partial charge is 0.356 e. The van der Waals surface area contributed by atoms with Gasteiger partial charge in [-0.05, 0) is 37.3 Å². The Balaban J connectivity index is 2.09. The first-order chi connectivity index (χ1) is 12.0. The first-order valence-corrected chi connectivity index (χ1v) is 7.68. The number of carboxylic acids is 1. The van der Waals surface area contributed by atoms with Crippen LogP contribution in [-0.4, -0.2) is 34.3 Å². The van der Waals surface area contributed by atoms with E-state index in [1.807, 2.05) is 31.2 Å². The maximum Gasteiger partial charge on any atom is 0.356 e. The molecule has 0 fully saturated rings. The topological polar surface area (TPSA) is 75.4 Å². The quantitative estimate of drug-likeness (QED) is 0.727. The van der Waals surface area contributed by atoms with Crippen LogP contribution in [0.2, 0.25) is 0 Å². The number of hydrogen-bond acceptors (Lipinski definition) is 3. The van der Waals surface area contributed by atoms with E-state index in [9.17, 15) is 14.7 Å². The number of aromatic nitrogens is 2. The van der Waals surface area contributed by atoms with E-state index >= 15 is 0 Å². The van der Waals surface area contributed by atoms with Crippen molar-refractivity contribution in [1.82, 2.24) is 9.78 Å². The highest BCUT2D eigenvalue weighted by molar-refractivity contribution is 5.87. The largest absolute Gasteiger partial charge is 0.476 e. The number of aromatic carboxylic acids is 1. The summed E-state index contributed by atoms with van der Waals surface area (Å²) in [7, 11) is 1.66. The van der Waals surface area contributed by atoms with Gasteiger partial charge in [0.1, 0.15) is 0 Å². The zero-order chi connectivity index (χ0) is 18.0. The van der Waals surface area contributed by atoms with Crippen LogP contribution < -0.4 is 4.90 Å². The number of carbonyl (C=O) groups is 2. The highest BCUT2D eigenvalue weighted by atomic mass is 16.4. The van der Waals surface area contributed by atoms with Gasteiger partial charge in [-0.2, -0.15) is 5.10 Å². The Hall–Kier alpha value is -3.41. The van der Waals surface area contributed by atoms with Crippen molar-refractivity contribution in [2.75, 3.05) is 11.9 Å². The van der Waals surface area contributed by atoms with E-state index in [4.69, 9.17) is 0 Å². The van der Waals surface area contributed by atoms with Crippen LogP contribution in [0.4, 0.5) is 5.69 Å². The second-order valence-electron chi connectivity index (χ2n) is 5.73. The first-order valence-electron chi connectivity index (χ1n) is 7.68. The summed E-state index contributed by atoms with van der Waals surface area (Å²) in [5, 5.41) is 13.5. The molecule has 1 amide bonds. The van der Waals surface area contributed by atoms with E-state index in [0.717, 1.165) is 23.2 Å². The average Bonchev–Trinajstić information content (AvgIpc) is 3.07. The lowest BCUT2D eigenvalue weighted by molar-refractivity contribution is -0.107. The Morgan fingerprint density at radius 3 is 2.32 bits per heavy atom. The second kappa shape index (κ2) is 6.60. The van der Waals surface area contributed by atoms with Crippen LogP contribution in [0.25, 0.3) is 16.9 Å². The number of rotatable bonds is 5. The summed E-state index contributed by atoms with van der Waals surface area (Å²) in [4.78, 5) is 23.6. The highest BCUT2D eigenvalue weighted by Gasteiger charge is 2.16. The molecule has 0 bridgehead atoms. The van der Waals surface area contributed by atoms with E-state index in [1.165, 1.54) is 4.90 Å². The van der Waals surface area contributed by atoms with Crippen LogP contribution in [0.5, 0.6) is 0 Å². The Bertz CT molecular complexity index is 912. The molecule has 3 rings (SSSR count). The van der Waals surface area contributed by atoms with Crippen molar-refractivity contribution in [1.29, 1.82) is 0 Å². The molecule has 1 heterocycles. The zero-order valence-corrected chi connectivity index (χ0v) is 13.9.